The van der Waals surface area contributed by atoms with Crippen LogP contribution in [0.5, 0.6) is 0 Å². The van der Waals surface area contributed by atoms with Crippen molar-refractivity contribution >= 4 is 17.8 Å². The number of rotatable bonds is 4. The Morgan fingerprint density at radius 1 is 0.964 bits per heavy atom. The van der Waals surface area contributed by atoms with Crippen LogP contribution in [-0.4, -0.2) is 78.4 Å². The molecule has 3 aliphatic rings. The molecular weight excluding hydrogens is 356 g/mol. The number of carbonyl (C=O) groups is 3. The highest BCUT2D eigenvalue weighted by Gasteiger charge is 2.36. The van der Waals surface area contributed by atoms with Crippen molar-refractivity contribution in [3.8, 4) is 0 Å². The van der Waals surface area contributed by atoms with Gasteiger partial charge in [0.1, 0.15) is 0 Å². The number of carbonyl (C=O) groups excluding carboxylic acids is 3. The second kappa shape index (κ2) is 8.20. The Morgan fingerprint density at radius 3 is 2.46 bits per heavy atom. The Hall–Kier alpha value is -2.57. The number of nitrogens with zero attached hydrogens (tertiary/aromatic N) is 3. The Morgan fingerprint density at radius 2 is 1.71 bits per heavy atom. The van der Waals surface area contributed by atoms with E-state index in [1.54, 1.807) is 4.90 Å². The van der Waals surface area contributed by atoms with Crippen LogP contribution in [0, 0.1) is 11.8 Å². The first kappa shape index (κ1) is 18.8. The van der Waals surface area contributed by atoms with Crippen molar-refractivity contribution in [2.24, 2.45) is 11.8 Å². The van der Waals surface area contributed by atoms with Crippen LogP contribution >= 0.6 is 0 Å². The van der Waals surface area contributed by atoms with Gasteiger partial charge in [-0.05, 0) is 36.8 Å². The van der Waals surface area contributed by atoms with E-state index >= 15 is 0 Å². The Kier molecular flexibility index (Phi) is 5.50. The largest absolute Gasteiger partial charge is 0.341 e. The zero-order valence-corrected chi connectivity index (χ0v) is 16.2. The van der Waals surface area contributed by atoms with Gasteiger partial charge < -0.3 is 20.0 Å². The SMILES string of the molecule is O=C1C[C@@H]2CCN(C(=O)c3ccccc3)C[C@@H]2CCN1CCN1CCNC1=O. The fourth-order valence-corrected chi connectivity index (χ4v) is 4.63. The van der Waals surface area contributed by atoms with Crippen LogP contribution in [0.25, 0.3) is 0 Å². The number of likely N-dealkylation sites (tertiary alicyclic amines) is 2. The minimum Gasteiger partial charge on any atom is -0.341 e. The molecule has 0 bridgehead atoms. The second-order valence-electron chi connectivity index (χ2n) is 8.02. The summed E-state index contributed by atoms with van der Waals surface area (Å²) in [6, 6.07) is 9.39. The number of fused-ring (bicyclic) bond motifs is 1. The number of urea groups is 1. The van der Waals surface area contributed by atoms with Crippen molar-refractivity contribution in [3.05, 3.63) is 35.9 Å². The number of nitrogens with one attached hydrogen (secondary N) is 1. The van der Waals surface area contributed by atoms with Crippen LogP contribution in [-0.2, 0) is 4.79 Å². The summed E-state index contributed by atoms with van der Waals surface area (Å²) < 4.78 is 0. The topological polar surface area (TPSA) is 73.0 Å². The first-order valence-electron chi connectivity index (χ1n) is 10.3. The van der Waals surface area contributed by atoms with E-state index in [0.29, 0.717) is 51.0 Å². The lowest BCUT2D eigenvalue weighted by Gasteiger charge is -2.37. The molecule has 1 aromatic carbocycles. The molecule has 3 aliphatic heterocycles. The lowest BCUT2D eigenvalue weighted by molar-refractivity contribution is -0.131. The molecular formula is C21H28N4O3. The van der Waals surface area contributed by atoms with Gasteiger partial charge in [-0.1, -0.05) is 18.2 Å². The maximum absolute atomic E-state index is 12.8. The standard InChI is InChI=1S/C21H28N4O3/c26-19-14-17-6-10-25(20(27)16-4-2-1-3-5-16)15-18(17)7-9-23(19)12-13-24-11-8-22-21(24)28/h1-5,17-18H,6-15H2,(H,22,28)/t17-,18-/m0/s1. The van der Waals surface area contributed by atoms with Gasteiger partial charge in [0.2, 0.25) is 5.91 Å². The predicted molar refractivity (Wildman–Crippen MR) is 105 cm³/mol. The minimum absolute atomic E-state index is 0.0361. The van der Waals surface area contributed by atoms with Gasteiger partial charge in [0.15, 0.2) is 0 Å². The van der Waals surface area contributed by atoms with Crippen molar-refractivity contribution in [2.45, 2.75) is 19.3 Å². The van der Waals surface area contributed by atoms with E-state index in [2.05, 4.69) is 5.32 Å². The third-order valence-electron chi connectivity index (χ3n) is 6.34. The zero-order chi connectivity index (χ0) is 19.5. The summed E-state index contributed by atoms with van der Waals surface area (Å²) in [6.45, 7) is 4.74. The highest BCUT2D eigenvalue weighted by molar-refractivity contribution is 5.94. The third-order valence-corrected chi connectivity index (χ3v) is 6.34. The molecule has 0 aliphatic carbocycles. The normalized spacial score (nSPS) is 25.4. The average Bonchev–Trinajstić information content (AvgIpc) is 3.06. The Labute approximate surface area is 165 Å². The number of hydrogen-bond acceptors (Lipinski definition) is 3. The second-order valence-corrected chi connectivity index (χ2v) is 8.02. The molecule has 1 N–H and O–H groups in total. The fourth-order valence-electron chi connectivity index (χ4n) is 4.63. The molecule has 4 rings (SSSR count). The van der Waals surface area contributed by atoms with Gasteiger partial charge in [0.05, 0.1) is 0 Å². The molecule has 7 heteroatoms. The highest BCUT2D eigenvalue weighted by Crippen LogP contribution is 2.33. The zero-order valence-electron chi connectivity index (χ0n) is 16.2. The molecule has 0 radical (unpaired) electrons. The predicted octanol–water partition coefficient (Wildman–Crippen LogP) is 1.41. The minimum atomic E-state index is -0.0361. The van der Waals surface area contributed by atoms with Crippen molar-refractivity contribution in [3.63, 3.8) is 0 Å². The average molecular weight is 384 g/mol. The molecule has 1 aromatic rings. The van der Waals surface area contributed by atoms with Crippen molar-refractivity contribution in [1.29, 1.82) is 0 Å². The highest BCUT2D eigenvalue weighted by atomic mass is 16.2. The maximum Gasteiger partial charge on any atom is 0.317 e. The number of piperidine rings is 1. The Bertz CT molecular complexity index is 738. The summed E-state index contributed by atoms with van der Waals surface area (Å²) in [4.78, 5) is 42.8. The van der Waals surface area contributed by atoms with Crippen LogP contribution in [0.15, 0.2) is 30.3 Å². The van der Waals surface area contributed by atoms with Gasteiger partial charge in [-0.3, -0.25) is 9.59 Å². The van der Waals surface area contributed by atoms with Gasteiger partial charge in [-0.2, -0.15) is 0 Å². The van der Waals surface area contributed by atoms with Crippen molar-refractivity contribution in [2.75, 3.05) is 45.8 Å². The number of hydrogen-bond donors (Lipinski definition) is 1. The number of benzene rings is 1. The molecule has 3 saturated heterocycles. The number of amides is 4. The van der Waals surface area contributed by atoms with E-state index in [1.165, 1.54) is 0 Å². The van der Waals surface area contributed by atoms with E-state index < -0.39 is 0 Å². The van der Waals surface area contributed by atoms with E-state index in [9.17, 15) is 14.4 Å². The molecule has 3 fully saturated rings. The summed E-state index contributed by atoms with van der Waals surface area (Å²) in [7, 11) is 0. The first-order chi connectivity index (χ1) is 13.6. The van der Waals surface area contributed by atoms with Gasteiger partial charge in [0, 0.05) is 57.8 Å². The monoisotopic (exact) mass is 384 g/mol. The van der Waals surface area contributed by atoms with E-state index in [0.717, 1.165) is 31.5 Å². The molecule has 28 heavy (non-hydrogen) atoms. The molecule has 2 atom stereocenters. The van der Waals surface area contributed by atoms with Crippen LogP contribution in [0.1, 0.15) is 29.6 Å². The summed E-state index contributed by atoms with van der Waals surface area (Å²) in [5.74, 6) is 0.999. The first-order valence-corrected chi connectivity index (χ1v) is 10.3. The molecule has 0 spiro atoms. The van der Waals surface area contributed by atoms with Gasteiger partial charge in [0.25, 0.3) is 5.91 Å². The van der Waals surface area contributed by atoms with Gasteiger partial charge in [-0.25, -0.2) is 4.79 Å². The van der Waals surface area contributed by atoms with Gasteiger partial charge >= 0.3 is 6.03 Å². The van der Waals surface area contributed by atoms with Gasteiger partial charge in [-0.15, -0.1) is 0 Å². The molecule has 4 amide bonds. The van der Waals surface area contributed by atoms with Crippen LogP contribution in [0.4, 0.5) is 4.79 Å². The molecule has 0 unspecified atom stereocenters. The third kappa shape index (κ3) is 3.98. The summed E-state index contributed by atoms with van der Waals surface area (Å²) >= 11 is 0. The summed E-state index contributed by atoms with van der Waals surface area (Å²) in [5, 5.41) is 2.80. The van der Waals surface area contributed by atoms with Crippen molar-refractivity contribution in [1.82, 2.24) is 20.0 Å². The fraction of sp³-hybridized carbons (Fsp3) is 0.571. The van der Waals surface area contributed by atoms with Crippen molar-refractivity contribution < 1.29 is 14.4 Å². The summed E-state index contributed by atoms with van der Waals surface area (Å²) in [5.41, 5.74) is 0.733. The quantitative estimate of drug-likeness (QED) is 0.853. The molecule has 7 nitrogen and oxygen atoms in total. The van der Waals surface area contributed by atoms with E-state index in [1.807, 2.05) is 40.1 Å². The maximum atomic E-state index is 12.8. The molecule has 0 aromatic heterocycles. The molecule has 150 valence electrons. The van der Waals surface area contributed by atoms with Crippen LogP contribution in [0.2, 0.25) is 0 Å². The molecule has 3 heterocycles. The Balaban J connectivity index is 1.34. The lowest BCUT2D eigenvalue weighted by Crippen LogP contribution is -2.43. The summed E-state index contributed by atoms with van der Waals surface area (Å²) in [6.07, 6.45) is 2.36. The molecule has 0 saturated carbocycles. The smallest absolute Gasteiger partial charge is 0.317 e. The lowest BCUT2D eigenvalue weighted by atomic mass is 9.82. The van der Waals surface area contributed by atoms with Crippen LogP contribution in [0.3, 0.4) is 0 Å². The van der Waals surface area contributed by atoms with Crippen LogP contribution < -0.4 is 5.32 Å². The van der Waals surface area contributed by atoms with E-state index in [-0.39, 0.29) is 17.8 Å². The van der Waals surface area contributed by atoms with E-state index in [4.69, 9.17) is 0 Å².